The summed E-state index contributed by atoms with van der Waals surface area (Å²) in [6, 6.07) is 4.29. The third-order valence-electron chi connectivity index (χ3n) is 2.43. The number of benzene rings is 1. The number of para-hydroxylation sites is 2. The lowest BCUT2D eigenvalue weighted by molar-refractivity contribution is -0.317. The van der Waals surface area contributed by atoms with Gasteiger partial charge in [-0.15, -0.1) is 0 Å². The summed E-state index contributed by atoms with van der Waals surface area (Å²) in [6.07, 6.45) is -4.94. The number of carbonyl (C=O) groups is 1. The second kappa shape index (κ2) is 4.77. The smallest absolute Gasteiger partial charge is 0.424 e. The molecule has 110 valence electrons. The maximum Gasteiger partial charge on any atom is 0.492 e. The lowest BCUT2D eigenvalue weighted by atomic mass is 10.3. The quantitative estimate of drug-likeness (QED) is 0.879. The van der Waals surface area contributed by atoms with Gasteiger partial charge in [-0.1, -0.05) is 12.1 Å². The first kappa shape index (κ1) is 14.3. The standard InChI is InChI=1S/C12H13F3N2O3/c1-7(2)16-10(18)17-12(11(13,14)15)19-8-5-3-4-6-9(8)20-12/h3-7H,1-2H3,(H2,16,17,18). The minimum atomic E-state index is -4.94. The fourth-order valence-electron chi connectivity index (χ4n) is 1.63. The largest absolute Gasteiger partial charge is 0.492 e. The van der Waals surface area contributed by atoms with Gasteiger partial charge in [0.1, 0.15) is 0 Å². The van der Waals surface area contributed by atoms with Gasteiger partial charge in [0, 0.05) is 6.04 Å². The summed E-state index contributed by atoms with van der Waals surface area (Å²) < 4.78 is 49.1. The number of carbonyl (C=O) groups excluding carboxylic acids is 1. The lowest BCUT2D eigenvalue weighted by Crippen LogP contribution is -2.66. The molecule has 1 aromatic rings. The van der Waals surface area contributed by atoms with Crippen molar-refractivity contribution in [3.8, 4) is 11.5 Å². The molecule has 2 rings (SSSR count). The van der Waals surface area contributed by atoms with Crippen LogP contribution in [0.4, 0.5) is 18.0 Å². The molecule has 0 saturated carbocycles. The first-order chi connectivity index (χ1) is 9.23. The predicted octanol–water partition coefficient (Wildman–Crippen LogP) is 2.38. The molecule has 0 aromatic heterocycles. The minimum Gasteiger partial charge on any atom is -0.424 e. The van der Waals surface area contributed by atoms with E-state index in [9.17, 15) is 18.0 Å². The zero-order valence-corrected chi connectivity index (χ0v) is 10.7. The van der Waals surface area contributed by atoms with E-state index in [-0.39, 0.29) is 17.5 Å². The predicted molar refractivity (Wildman–Crippen MR) is 63.3 cm³/mol. The van der Waals surface area contributed by atoms with Crippen LogP contribution in [0.5, 0.6) is 11.5 Å². The molecule has 0 spiro atoms. The average Bonchev–Trinajstić information content (AvgIpc) is 2.65. The summed E-state index contributed by atoms with van der Waals surface area (Å²) in [5.41, 5.74) is 0. The van der Waals surface area contributed by atoms with Crippen LogP contribution in [0, 0.1) is 0 Å². The Kier molecular flexibility index (Phi) is 3.41. The number of amides is 2. The lowest BCUT2D eigenvalue weighted by Gasteiger charge is -2.30. The van der Waals surface area contributed by atoms with Crippen LogP contribution in [0.3, 0.4) is 0 Å². The van der Waals surface area contributed by atoms with Gasteiger partial charge in [-0.25, -0.2) is 4.79 Å². The highest BCUT2D eigenvalue weighted by Crippen LogP contribution is 2.44. The van der Waals surface area contributed by atoms with E-state index in [0.717, 1.165) is 0 Å². The summed E-state index contributed by atoms with van der Waals surface area (Å²) in [7, 11) is 0. The maximum atomic E-state index is 13.2. The summed E-state index contributed by atoms with van der Waals surface area (Å²) in [5, 5.41) is 3.97. The number of nitrogens with one attached hydrogen (secondary N) is 2. The molecule has 20 heavy (non-hydrogen) atoms. The van der Waals surface area contributed by atoms with Crippen molar-refractivity contribution < 1.29 is 27.4 Å². The van der Waals surface area contributed by atoms with Crippen LogP contribution in [-0.2, 0) is 0 Å². The number of hydrogen-bond donors (Lipinski definition) is 2. The van der Waals surface area contributed by atoms with E-state index in [1.54, 1.807) is 19.2 Å². The van der Waals surface area contributed by atoms with Gasteiger partial charge in [0.05, 0.1) is 0 Å². The van der Waals surface area contributed by atoms with Crippen LogP contribution in [0.25, 0.3) is 0 Å². The zero-order valence-electron chi connectivity index (χ0n) is 10.7. The van der Waals surface area contributed by atoms with Gasteiger partial charge in [-0.05, 0) is 26.0 Å². The van der Waals surface area contributed by atoms with Crippen molar-refractivity contribution in [1.82, 2.24) is 10.6 Å². The molecule has 2 N–H and O–H groups in total. The molecular formula is C12H13F3N2O3. The number of halogens is 3. The first-order valence-electron chi connectivity index (χ1n) is 5.86. The molecule has 0 bridgehead atoms. The normalized spacial score (nSPS) is 16.1. The Labute approximate surface area is 113 Å². The van der Waals surface area contributed by atoms with Crippen molar-refractivity contribution in [3.05, 3.63) is 24.3 Å². The molecule has 1 heterocycles. The number of hydrogen-bond acceptors (Lipinski definition) is 3. The van der Waals surface area contributed by atoms with Gasteiger partial charge in [0.25, 0.3) is 0 Å². The van der Waals surface area contributed by atoms with Crippen LogP contribution in [0.1, 0.15) is 13.8 Å². The molecule has 2 amide bonds. The highest BCUT2D eigenvalue weighted by molar-refractivity contribution is 5.75. The van der Waals surface area contributed by atoms with Crippen molar-refractivity contribution >= 4 is 6.03 Å². The van der Waals surface area contributed by atoms with E-state index in [4.69, 9.17) is 9.47 Å². The Hall–Kier alpha value is -2.12. The maximum absolute atomic E-state index is 13.2. The zero-order chi connectivity index (χ0) is 15.0. The van der Waals surface area contributed by atoms with Crippen molar-refractivity contribution in [2.24, 2.45) is 0 Å². The highest BCUT2D eigenvalue weighted by atomic mass is 19.4. The van der Waals surface area contributed by atoms with Crippen LogP contribution < -0.4 is 20.1 Å². The summed E-state index contributed by atoms with van der Waals surface area (Å²) >= 11 is 0. The Morgan fingerprint density at radius 3 is 2.10 bits per heavy atom. The second-order valence-electron chi connectivity index (χ2n) is 4.52. The van der Waals surface area contributed by atoms with Gasteiger partial charge < -0.3 is 14.8 Å². The van der Waals surface area contributed by atoms with Gasteiger partial charge in [-0.3, -0.25) is 5.32 Å². The van der Waals surface area contributed by atoms with Crippen molar-refractivity contribution in [3.63, 3.8) is 0 Å². The number of urea groups is 1. The summed E-state index contributed by atoms with van der Waals surface area (Å²) in [4.78, 5) is 11.5. The van der Waals surface area contributed by atoms with Crippen molar-refractivity contribution in [2.75, 3.05) is 0 Å². The SMILES string of the molecule is CC(C)NC(=O)NC1(C(F)(F)F)Oc2ccccc2O1. The molecule has 0 fully saturated rings. The van der Waals surface area contributed by atoms with Crippen LogP contribution >= 0.6 is 0 Å². The third-order valence-corrected chi connectivity index (χ3v) is 2.43. The van der Waals surface area contributed by atoms with E-state index < -0.39 is 18.1 Å². The molecule has 0 unspecified atom stereocenters. The molecule has 0 atom stereocenters. The molecule has 1 aliphatic rings. The summed E-state index contributed by atoms with van der Waals surface area (Å²) in [6.45, 7) is 3.23. The van der Waals surface area contributed by atoms with E-state index >= 15 is 0 Å². The fraction of sp³-hybridized carbons (Fsp3) is 0.417. The van der Waals surface area contributed by atoms with Gasteiger partial charge in [0.2, 0.25) is 0 Å². The Balaban J connectivity index is 2.25. The molecule has 5 nitrogen and oxygen atoms in total. The van der Waals surface area contributed by atoms with Crippen LogP contribution in [0.2, 0.25) is 0 Å². The minimum absolute atomic E-state index is 0.0883. The van der Waals surface area contributed by atoms with E-state index in [2.05, 4.69) is 5.32 Å². The molecule has 0 aliphatic carbocycles. The number of ether oxygens (including phenoxy) is 2. The molecule has 1 aromatic carbocycles. The molecule has 1 aliphatic heterocycles. The van der Waals surface area contributed by atoms with Crippen molar-refractivity contribution in [1.29, 1.82) is 0 Å². The van der Waals surface area contributed by atoms with Gasteiger partial charge in [0.15, 0.2) is 11.5 Å². The molecule has 8 heteroatoms. The topological polar surface area (TPSA) is 59.6 Å². The van der Waals surface area contributed by atoms with Gasteiger partial charge in [-0.2, -0.15) is 13.2 Å². The Morgan fingerprint density at radius 2 is 1.70 bits per heavy atom. The fourth-order valence-corrected chi connectivity index (χ4v) is 1.63. The summed E-state index contributed by atoms with van der Waals surface area (Å²) in [5.74, 6) is -3.39. The van der Waals surface area contributed by atoms with E-state index in [1.165, 1.54) is 24.3 Å². The molecular weight excluding hydrogens is 277 g/mol. The van der Waals surface area contributed by atoms with Gasteiger partial charge >= 0.3 is 18.1 Å². The van der Waals surface area contributed by atoms with Crippen LogP contribution in [-0.4, -0.2) is 24.2 Å². The highest BCUT2D eigenvalue weighted by Gasteiger charge is 2.65. The molecule has 0 saturated heterocycles. The van der Waals surface area contributed by atoms with E-state index in [1.807, 2.05) is 0 Å². The third kappa shape index (κ3) is 2.59. The van der Waals surface area contributed by atoms with Crippen LogP contribution in [0.15, 0.2) is 24.3 Å². The molecule has 0 radical (unpaired) electrons. The number of rotatable bonds is 2. The first-order valence-corrected chi connectivity index (χ1v) is 5.86. The number of alkyl halides is 3. The average molecular weight is 290 g/mol. The Morgan fingerprint density at radius 1 is 1.20 bits per heavy atom. The van der Waals surface area contributed by atoms with E-state index in [0.29, 0.717) is 0 Å². The monoisotopic (exact) mass is 290 g/mol. The second-order valence-corrected chi connectivity index (χ2v) is 4.52. The Bertz CT molecular complexity index is 492. The van der Waals surface area contributed by atoms with Crippen molar-refractivity contribution in [2.45, 2.75) is 32.0 Å². The number of fused-ring (bicyclic) bond motifs is 1.